The van der Waals surface area contributed by atoms with E-state index in [9.17, 15) is 0 Å². The van der Waals surface area contributed by atoms with Crippen LogP contribution in [0.2, 0.25) is 0 Å². The molecule has 0 aromatic rings. The Morgan fingerprint density at radius 1 is 1.19 bits per heavy atom. The first-order valence-corrected chi connectivity index (χ1v) is 7.69. The molecular weight excluding hydrogens is 220 g/mol. The molecule has 4 heteroatoms. The summed E-state index contributed by atoms with van der Waals surface area (Å²) in [5.74, 6) is 3.68. The molecule has 0 atom stereocenters. The molecule has 16 heavy (non-hydrogen) atoms. The standard InChI is InChI=1S/C12H24N2OS/c1-9-16-10-2-12(1)11-13-3-4-14-5-7-15-8-6-14/h12-13H,1-11H2. The van der Waals surface area contributed by atoms with Gasteiger partial charge in [0.15, 0.2) is 0 Å². The Kier molecular flexibility index (Phi) is 5.97. The molecule has 0 radical (unpaired) electrons. The SMILES string of the molecule is C(CN1CCOCC1)NCC1CCSCC1. The number of hydrogen-bond acceptors (Lipinski definition) is 4. The molecule has 2 aliphatic heterocycles. The third-order valence-electron chi connectivity index (χ3n) is 3.48. The first-order valence-electron chi connectivity index (χ1n) is 6.54. The lowest BCUT2D eigenvalue weighted by atomic mass is 10.0. The second-order valence-corrected chi connectivity index (χ2v) is 5.94. The van der Waals surface area contributed by atoms with Crippen LogP contribution in [0.15, 0.2) is 0 Å². The highest BCUT2D eigenvalue weighted by Crippen LogP contribution is 2.21. The van der Waals surface area contributed by atoms with Crippen LogP contribution in [0.3, 0.4) is 0 Å². The molecule has 0 aliphatic carbocycles. The second-order valence-electron chi connectivity index (χ2n) is 4.71. The van der Waals surface area contributed by atoms with Crippen LogP contribution in [-0.4, -0.2) is 62.3 Å². The maximum absolute atomic E-state index is 5.34. The maximum atomic E-state index is 5.34. The normalized spacial score (nSPS) is 24.8. The van der Waals surface area contributed by atoms with Crippen LogP contribution in [0.25, 0.3) is 0 Å². The lowest BCUT2D eigenvalue weighted by Crippen LogP contribution is -2.41. The highest BCUT2D eigenvalue weighted by molar-refractivity contribution is 7.99. The molecule has 1 N–H and O–H groups in total. The summed E-state index contributed by atoms with van der Waals surface area (Å²) >= 11 is 2.11. The van der Waals surface area contributed by atoms with E-state index in [2.05, 4.69) is 22.0 Å². The van der Waals surface area contributed by atoms with Crippen molar-refractivity contribution in [3.8, 4) is 0 Å². The first-order chi connectivity index (χ1) is 7.95. The highest BCUT2D eigenvalue weighted by Gasteiger charge is 2.13. The van der Waals surface area contributed by atoms with Gasteiger partial charge in [0.1, 0.15) is 0 Å². The van der Waals surface area contributed by atoms with Gasteiger partial charge in [-0.15, -0.1) is 0 Å². The molecule has 0 saturated carbocycles. The van der Waals surface area contributed by atoms with E-state index >= 15 is 0 Å². The smallest absolute Gasteiger partial charge is 0.0594 e. The van der Waals surface area contributed by atoms with Crippen LogP contribution in [0.5, 0.6) is 0 Å². The Hall–Kier alpha value is 0.230. The summed E-state index contributed by atoms with van der Waals surface area (Å²) in [5.41, 5.74) is 0. The molecule has 2 fully saturated rings. The van der Waals surface area contributed by atoms with Crippen molar-refractivity contribution in [2.45, 2.75) is 12.8 Å². The summed E-state index contributed by atoms with van der Waals surface area (Å²) in [7, 11) is 0. The van der Waals surface area contributed by atoms with E-state index in [1.54, 1.807) is 0 Å². The van der Waals surface area contributed by atoms with Crippen molar-refractivity contribution >= 4 is 11.8 Å². The van der Waals surface area contributed by atoms with E-state index < -0.39 is 0 Å². The molecule has 2 aliphatic rings. The van der Waals surface area contributed by atoms with Gasteiger partial charge in [-0.25, -0.2) is 0 Å². The lowest BCUT2D eigenvalue weighted by molar-refractivity contribution is 0.0383. The van der Waals surface area contributed by atoms with Gasteiger partial charge in [0.05, 0.1) is 13.2 Å². The van der Waals surface area contributed by atoms with Gasteiger partial charge < -0.3 is 10.1 Å². The van der Waals surface area contributed by atoms with Gasteiger partial charge in [0.25, 0.3) is 0 Å². The summed E-state index contributed by atoms with van der Waals surface area (Å²) in [5, 5.41) is 3.61. The number of rotatable bonds is 5. The van der Waals surface area contributed by atoms with Crippen molar-refractivity contribution in [2.75, 3.05) is 57.4 Å². The number of ether oxygens (including phenoxy) is 1. The van der Waals surface area contributed by atoms with Gasteiger partial charge in [-0.2, -0.15) is 11.8 Å². The third kappa shape index (κ3) is 4.62. The van der Waals surface area contributed by atoms with Gasteiger partial charge in [-0.3, -0.25) is 4.90 Å². The fourth-order valence-electron chi connectivity index (χ4n) is 2.32. The molecule has 2 heterocycles. The number of nitrogens with zero attached hydrogens (tertiary/aromatic N) is 1. The van der Waals surface area contributed by atoms with Gasteiger partial charge >= 0.3 is 0 Å². The zero-order valence-electron chi connectivity index (χ0n) is 10.1. The fourth-order valence-corrected chi connectivity index (χ4v) is 3.52. The van der Waals surface area contributed by atoms with Crippen LogP contribution >= 0.6 is 11.8 Å². The Bertz CT molecular complexity index is 160. The van der Waals surface area contributed by atoms with Crippen LogP contribution in [-0.2, 0) is 4.74 Å². The van der Waals surface area contributed by atoms with Crippen molar-refractivity contribution in [3.05, 3.63) is 0 Å². The number of nitrogens with one attached hydrogen (secondary N) is 1. The van der Waals surface area contributed by atoms with E-state index in [-0.39, 0.29) is 0 Å². The second kappa shape index (κ2) is 7.54. The highest BCUT2D eigenvalue weighted by atomic mass is 32.2. The van der Waals surface area contributed by atoms with Gasteiger partial charge in [-0.1, -0.05) is 0 Å². The zero-order valence-corrected chi connectivity index (χ0v) is 10.9. The van der Waals surface area contributed by atoms with E-state index in [0.717, 1.165) is 38.8 Å². The molecule has 2 rings (SSSR count). The van der Waals surface area contributed by atoms with Crippen LogP contribution in [0.1, 0.15) is 12.8 Å². The summed E-state index contributed by atoms with van der Waals surface area (Å²) in [6, 6.07) is 0. The molecule has 0 amide bonds. The Morgan fingerprint density at radius 2 is 1.94 bits per heavy atom. The van der Waals surface area contributed by atoms with Crippen molar-refractivity contribution in [1.29, 1.82) is 0 Å². The molecule has 2 saturated heterocycles. The van der Waals surface area contributed by atoms with E-state index in [4.69, 9.17) is 4.74 Å². The van der Waals surface area contributed by atoms with E-state index in [0.29, 0.717) is 0 Å². The van der Waals surface area contributed by atoms with Crippen LogP contribution < -0.4 is 5.32 Å². The number of hydrogen-bond donors (Lipinski definition) is 1. The summed E-state index contributed by atoms with van der Waals surface area (Å²) < 4.78 is 5.34. The molecule has 0 aromatic carbocycles. The minimum absolute atomic E-state index is 0.917. The third-order valence-corrected chi connectivity index (χ3v) is 4.53. The summed E-state index contributed by atoms with van der Waals surface area (Å²) in [6.07, 6.45) is 2.82. The topological polar surface area (TPSA) is 24.5 Å². The molecule has 0 aromatic heterocycles. The van der Waals surface area contributed by atoms with Crippen LogP contribution in [0.4, 0.5) is 0 Å². The zero-order chi connectivity index (χ0) is 11.1. The monoisotopic (exact) mass is 244 g/mol. The Balaban J connectivity index is 1.47. The predicted octanol–water partition coefficient (Wildman–Crippen LogP) is 1.05. The number of thioether (sulfide) groups is 1. The minimum atomic E-state index is 0.917. The van der Waals surface area contributed by atoms with Crippen LogP contribution in [0, 0.1) is 5.92 Å². The van der Waals surface area contributed by atoms with E-state index in [1.165, 1.54) is 37.4 Å². The molecule has 94 valence electrons. The molecule has 0 bridgehead atoms. The van der Waals surface area contributed by atoms with Crippen molar-refractivity contribution in [2.24, 2.45) is 5.92 Å². The average molecular weight is 244 g/mol. The van der Waals surface area contributed by atoms with Crippen molar-refractivity contribution in [1.82, 2.24) is 10.2 Å². The molecule has 0 spiro atoms. The van der Waals surface area contributed by atoms with Gasteiger partial charge in [0, 0.05) is 26.2 Å². The first kappa shape index (κ1) is 12.7. The van der Waals surface area contributed by atoms with Gasteiger partial charge in [-0.05, 0) is 36.8 Å². The molecular formula is C12H24N2OS. The van der Waals surface area contributed by atoms with Gasteiger partial charge in [0.2, 0.25) is 0 Å². The maximum Gasteiger partial charge on any atom is 0.0594 e. The molecule has 0 unspecified atom stereocenters. The van der Waals surface area contributed by atoms with Crippen molar-refractivity contribution in [3.63, 3.8) is 0 Å². The summed E-state index contributed by atoms with van der Waals surface area (Å²) in [4.78, 5) is 2.49. The summed E-state index contributed by atoms with van der Waals surface area (Å²) in [6.45, 7) is 7.61. The fraction of sp³-hybridized carbons (Fsp3) is 1.00. The lowest BCUT2D eigenvalue weighted by Gasteiger charge is -2.27. The van der Waals surface area contributed by atoms with Crippen molar-refractivity contribution < 1.29 is 4.74 Å². The molecule has 3 nitrogen and oxygen atoms in total. The quantitative estimate of drug-likeness (QED) is 0.731. The number of morpholine rings is 1. The Labute approximate surface area is 103 Å². The van der Waals surface area contributed by atoms with E-state index in [1.807, 2.05) is 0 Å². The Morgan fingerprint density at radius 3 is 2.69 bits per heavy atom. The predicted molar refractivity (Wildman–Crippen MR) is 70.2 cm³/mol. The average Bonchev–Trinajstić information content (AvgIpc) is 2.37. The largest absolute Gasteiger partial charge is 0.379 e. The minimum Gasteiger partial charge on any atom is -0.379 e.